The Balaban J connectivity index is 0.000000132. The van der Waals surface area contributed by atoms with E-state index in [2.05, 4.69) is 151 Å². The summed E-state index contributed by atoms with van der Waals surface area (Å²) >= 11 is 0. The number of hydrogen-bond acceptors (Lipinski definition) is 0. The zero-order valence-corrected chi connectivity index (χ0v) is 24.4. The van der Waals surface area contributed by atoms with Crippen molar-refractivity contribution in [1.29, 1.82) is 0 Å². The van der Waals surface area contributed by atoms with Gasteiger partial charge in [0.2, 0.25) is 0 Å². The topological polar surface area (TPSA) is 0 Å². The molecular weight excluding hydrogens is 480 g/mol. The van der Waals surface area contributed by atoms with Crippen molar-refractivity contribution in [3.63, 3.8) is 0 Å². The van der Waals surface area contributed by atoms with Gasteiger partial charge in [-0.15, -0.1) is 0 Å². The van der Waals surface area contributed by atoms with E-state index in [4.69, 9.17) is 0 Å². The highest BCUT2D eigenvalue weighted by Gasteiger charge is 2.21. The summed E-state index contributed by atoms with van der Waals surface area (Å²) in [5, 5.41) is 16.5. The van der Waals surface area contributed by atoms with Crippen LogP contribution < -0.4 is 0 Å². The Bertz CT molecular complexity index is 2090. The van der Waals surface area contributed by atoms with Gasteiger partial charge in [-0.2, -0.15) is 0 Å². The van der Waals surface area contributed by atoms with Crippen LogP contribution in [-0.2, 0) is 10.8 Å². The third kappa shape index (κ3) is 3.81. The van der Waals surface area contributed by atoms with Crippen LogP contribution in [-0.4, -0.2) is 0 Å². The molecule has 0 fully saturated rings. The van der Waals surface area contributed by atoms with Gasteiger partial charge in [0.1, 0.15) is 0 Å². The molecule has 8 aromatic carbocycles. The molecule has 0 heterocycles. The van der Waals surface area contributed by atoms with Crippen molar-refractivity contribution in [2.45, 2.75) is 52.4 Å². The molecule has 0 spiro atoms. The molecule has 8 rings (SSSR count). The fourth-order valence-electron chi connectivity index (χ4n) is 6.77. The van der Waals surface area contributed by atoms with Crippen LogP contribution >= 0.6 is 0 Å². The third-order valence-corrected chi connectivity index (χ3v) is 8.65. The van der Waals surface area contributed by atoms with E-state index < -0.39 is 0 Å². The van der Waals surface area contributed by atoms with Crippen LogP contribution in [0, 0.1) is 0 Å². The Morgan fingerprint density at radius 1 is 0.325 bits per heavy atom. The maximum Gasteiger partial charge on any atom is -0.00238 e. The standard InChI is InChI=1S/2C20H18/c1-20(2,3)17-12-15-8-4-6-13-10-11-14-7-5-9-16(17)19(14)18(13)15;1-20(2,3)17-12-10-15-8-7-13-5-4-6-14-9-11-16(17)19(15)18(13)14/h2*4-12H,1-3H3. The molecule has 0 atom stereocenters. The first-order valence-electron chi connectivity index (χ1n) is 14.5. The van der Waals surface area contributed by atoms with Crippen molar-refractivity contribution in [1.82, 2.24) is 0 Å². The first-order chi connectivity index (χ1) is 19.1. The molecule has 0 aliphatic rings. The maximum absolute atomic E-state index is 2.38. The van der Waals surface area contributed by atoms with E-state index in [-0.39, 0.29) is 10.8 Å². The van der Waals surface area contributed by atoms with Crippen LogP contribution in [0.1, 0.15) is 52.7 Å². The lowest BCUT2D eigenvalue weighted by atomic mass is 9.80. The molecule has 0 unspecified atom stereocenters. The Hall–Kier alpha value is -4.16. The van der Waals surface area contributed by atoms with Crippen LogP contribution in [0.25, 0.3) is 64.6 Å². The van der Waals surface area contributed by atoms with E-state index in [1.165, 1.54) is 75.8 Å². The predicted octanol–water partition coefficient (Wildman–Crippen LogP) is 11.8. The lowest BCUT2D eigenvalue weighted by Crippen LogP contribution is -2.11. The zero-order chi connectivity index (χ0) is 27.8. The molecule has 0 bridgehead atoms. The average Bonchev–Trinajstić information content (AvgIpc) is 2.93. The fourth-order valence-corrected chi connectivity index (χ4v) is 6.77. The molecule has 0 saturated heterocycles. The van der Waals surface area contributed by atoms with Gasteiger partial charge in [-0.25, -0.2) is 0 Å². The van der Waals surface area contributed by atoms with E-state index >= 15 is 0 Å². The molecule has 0 radical (unpaired) electrons. The summed E-state index contributed by atoms with van der Waals surface area (Å²) in [6.45, 7) is 13.8. The second-order valence-corrected chi connectivity index (χ2v) is 13.4. The lowest BCUT2D eigenvalue weighted by molar-refractivity contribution is 0.596. The molecule has 0 saturated carbocycles. The van der Waals surface area contributed by atoms with Crippen LogP contribution in [0.5, 0.6) is 0 Å². The Kier molecular flexibility index (Phi) is 5.39. The highest BCUT2D eigenvalue weighted by atomic mass is 14.2. The second-order valence-electron chi connectivity index (χ2n) is 13.4. The summed E-state index contributed by atoms with van der Waals surface area (Å²) in [5.41, 5.74) is 3.20. The normalized spacial score (nSPS) is 12.8. The summed E-state index contributed by atoms with van der Waals surface area (Å²) in [5.74, 6) is 0. The molecule has 0 amide bonds. The molecular formula is C40H36. The van der Waals surface area contributed by atoms with Gasteiger partial charge in [0, 0.05) is 0 Å². The van der Waals surface area contributed by atoms with Crippen molar-refractivity contribution in [3.05, 3.63) is 120 Å². The molecule has 0 aromatic heterocycles. The molecule has 0 N–H and O–H groups in total. The third-order valence-electron chi connectivity index (χ3n) is 8.65. The van der Waals surface area contributed by atoms with Gasteiger partial charge < -0.3 is 0 Å². The SMILES string of the molecule is CC(C)(C)c1cc2cccc3ccc4cccc1c4c32.CC(C)(C)c1ccc2ccc3cccc4ccc1c2c34. The Morgan fingerprint density at radius 3 is 1.25 bits per heavy atom. The maximum atomic E-state index is 2.38. The molecule has 0 aliphatic carbocycles. The first kappa shape index (κ1) is 24.9. The van der Waals surface area contributed by atoms with Gasteiger partial charge in [0.25, 0.3) is 0 Å². The molecule has 0 nitrogen and oxygen atoms in total. The van der Waals surface area contributed by atoms with Gasteiger partial charge in [0.15, 0.2) is 0 Å². The van der Waals surface area contributed by atoms with E-state index in [0.29, 0.717) is 0 Å². The van der Waals surface area contributed by atoms with Gasteiger partial charge >= 0.3 is 0 Å². The molecule has 0 aliphatic heterocycles. The second kappa shape index (κ2) is 8.67. The zero-order valence-electron chi connectivity index (χ0n) is 24.4. The minimum atomic E-state index is 0.157. The summed E-state index contributed by atoms with van der Waals surface area (Å²) in [4.78, 5) is 0. The smallest absolute Gasteiger partial charge is 0.00238 e. The minimum absolute atomic E-state index is 0.157. The predicted molar refractivity (Wildman–Crippen MR) is 178 cm³/mol. The van der Waals surface area contributed by atoms with Crippen molar-refractivity contribution >= 4 is 64.6 Å². The Morgan fingerprint density at radius 2 is 0.700 bits per heavy atom. The van der Waals surface area contributed by atoms with Crippen molar-refractivity contribution < 1.29 is 0 Å². The van der Waals surface area contributed by atoms with Crippen LogP contribution in [0.15, 0.2) is 109 Å². The highest BCUT2D eigenvalue weighted by Crippen LogP contribution is 2.41. The van der Waals surface area contributed by atoms with Gasteiger partial charge in [-0.1, -0.05) is 145 Å². The van der Waals surface area contributed by atoms with Crippen molar-refractivity contribution in [3.8, 4) is 0 Å². The van der Waals surface area contributed by atoms with Crippen molar-refractivity contribution in [2.75, 3.05) is 0 Å². The minimum Gasteiger partial charge on any atom is -0.0610 e. The largest absolute Gasteiger partial charge is 0.0610 e. The van der Waals surface area contributed by atoms with E-state index in [1.807, 2.05) is 0 Å². The summed E-state index contributed by atoms with van der Waals surface area (Å²) in [6.07, 6.45) is 0. The summed E-state index contributed by atoms with van der Waals surface area (Å²) in [7, 11) is 0. The number of benzene rings is 8. The summed E-state index contributed by atoms with van der Waals surface area (Å²) in [6, 6.07) is 40.3. The molecule has 196 valence electrons. The monoisotopic (exact) mass is 516 g/mol. The average molecular weight is 517 g/mol. The summed E-state index contributed by atoms with van der Waals surface area (Å²) < 4.78 is 0. The van der Waals surface area contributed by atoms with Crippen LogP contribution in [0.2, 0.25) is 0 Å². The van der Waals surface area contributed by atoms with Crippen LogP contribution in [0.3, 0.4) is 0 Å². The molecule has 0 heteroatoms. The first-order valence-corrected chi connectivity index (χ1v) is 14.5. The van der Waals surface area contributed by atoms with Crippen molar-refractivity contribution in [2.24, 2.45) is 0 Å². The van der Waals surface area contributed by atoms with Gasteiger partial charge in [0.05, 0.1) is 0 Å². The molecule has 8 aromatic rings. The quantitative estimate of drug-likeness (QED) is 0.176. The van der Waals surface area contributed by atoms with Crippen LogP contribution in [0.4, 0.5) is 0 Å². The molecule has 40 heavy (non-hydrogen) atoms. The fraction of sp³-hybridized carbons (Fsp3) is 0.200. The van der Waals surface area contributed by atoms with E-state index in [1.54, 1.807) is 0 Å². The van der Waals surface area contributed by atoms with Gasteiger partial charge in [-0.3, -0.25) is 0 Å². The van der Waals surface area contributed by atoms with E-state index in [9.17, 15) is 0 Å². The number of hydrogen-bond donors (Lipinski definition) is 0. The lowest BCUT2D eigenvalue weighted by Gasteiger charge is -2.24. The van der Waals surface area contributed by atoms with E-state index in [0.717, 1.165) is 0 Å². The number of rotatable bonds is 0. The van der Waals surface area contributed by atoms with Gasteiger partial charge in [-0.05, 0) is 92.7 Å². The Labute approximate surface area is 236 Å². The highest BCUT2D eigenvalue weighted by molar-refractivity contribution is 6.24.